The van der Waals surface area contributed by atoms with Gasteiger partial charge in [-0.25, -0.2) is 8.42 Å². The second-order valence-corrected chi connectivity index (χ2v) is 7.12. The summed E-state index contributed by atoms with van der Waals surface area (Å²) in [4.78, 5) is 0.342. The molecule has 0 atom stereocenters. The van der Waals surface area contributed by atoms with Crippen molar-refractivity contribution in [3.63, 3.8) is 0 Å². The van der Waals surface area contributed by atoms with E-state index in [1.807, 2.05) is 0 Å². The van der Waals surface area contributed by atoms with Crippen LogP contribution >= 0.6 is 0 Å². The molecule has 0 saturated carbocycles. The molecule has 0 fully saturated rings. The standard InChI is InChI=1S/C15H20N2O2S/c1-11-9-13(12(2)17(11)3)10-16-14-5-7-15(8-6-14)20(4,18)19/h5-9,16H,10H2,1-4H3. The number of rotatable bonds is 4. The summed E-state index contributed by atoms with van der Waals surface area (Å²) < 4.78 is 24.9. The van der Waals surface area contributed by atoms with Crippen molar-refractivity contribution in [2.75, 3.05) is 11.6 Å². The lowest BCUT2D eigenvalue weighted by molar-refractivity contribution is 0.602. The SMILES string of the molecule is Cc1cc(CNc2ccc(S(C)(=O)=O)cc2)c(C)n1C. The van der Waals surface area contributed by atoms with Gasteiger partial charge in [-0.1, -0.05) is 0 Å². The largest absolute Gasteiger partial charge is 0.381 e. The Balaban J connectivity index is 2.10. The van der Waals surface area contributed by atoms with Crippen molar-refractivity contribution in [3.05, 3.63) is 47.3 Å². The predicted molar refractivity (Wildman–Crippen MR) is 81.8 cm³/mol. The molecular formula is C15H20N2O2S. The molecule has 5 heteroatoms. The lowest BCUT2D eigenvalue weighted by atomic mass is 10.2. The first kappa shape index (κ1) is 14.7. The summed E-state index contributed by atoms with van der Waals surface area (Å²) in [5.41, 5.74) is 4.63. The highest BCUT2D eigenvalue weighted by Crippen LogP contribution is 2.17. The second-order valence-electron chi connectivity index (χ2n) is 5.11. The maximum absolute atomic E-state index is 11.4. The summed E-state index contributed by atoms with van der Waals surface area (Å²) in [5, 5.41) is 3.31. The van der Waals surface area contributed by atoms with E-state index in [0.717, 1.165) is 12.2 Å². The van der Waals surface area contributed by atoms with Crippen molar-refractivity contribution in [3.8, 4) is 0 Å². The lowest BCUT2D eigenvalue weighted by Gasteiger charge is -2.07. The second kappa shape index (κ2) is 5.32. The van der Waals surface area contributed by atoms with Gasteiger partial charge in [0.25, 0.3) is 0 Å². The molecule has 20 heavy (non-hydrogen) atoms. The van der Waals surface area contributed by atoms with E-state index in [1.165, 1.54) is 23.2 Å². The third kappa shape index (κ3) is 3.04. The fraction of sp³-hybridized carbons (Fsp3) is 0.333. The first-order valence-electron chi connectivity index (χ1n) is 6.45. The number of hydrogen-bond donors (Lipinski definition) is 1. The molecule has 0 aliphatic carbocycles. The number of anilines is 1. The quantitative estimate of drug-likeness (QED) is 0.942. The monoisotopic (exact) mass is 292 g/mol. The van der Waals surface area contributed by atoms with Crippen LogP contribution in [-0.4, -0.2) is 19.2 Å². The summed E-state index contributed by atoms with van der Waals surface area (Å²) in [6.07, 6.45) is 1.21. The van der Waals surface area contributed by atoms with Gasteiger partial charge in [-0.05, 0) is 49.7 Å². The summed E-state index contributed by atoms with van der Waals surface area (Å²) in [7, 11) is -1.08. The van der Waals surface area contributed by atoms with Crippen molar-refractivity contribution in [1.29, 1.82) is 0 Å². The first-order valence-corrected chi connectivity index (χ1v) is 8.34. The van der Waals surface area contributed by atoms with E-state index in [-0.39, 0.29) is 0 Å². The number of aryl methyl sites for hydroxylation is 1. The van der Waals surface area contributed by atoms with E-state index in [4.69, 9.17) is 0 Å². The van der Waals surface area contributed by atoms with Gasteiger partial charge in [0.1, 0.15) is 0 Å². The molecule has 0 aliphatic heterocycles. The molecule has 0 unspecified atom stereocenters. The molecule has 108 valence electrons. The Bertz CT molecular complexity index is 713. The van der Waals surface area contributed by atoms with Crippen molar-refractivity contribution < 1.29 is 8.42 Å². The third-order valence-electron chi connectivity index (χ3n) is 3.65. The van der Waals surface area contributed by atoms with Crippen LogP contribution in [0.15, 0.2) is 35.2 Å². The van der Waals surface area contributed by atoms with Gasteiger partial charge in [0.15, 0.2) is 9.84 Å². The number of benzene rings is 1. The predicted octanol–water partition coefficient (Wildman–Crippen LogP) is 2.66. The molecular weight excluding hydrogens is 272 g/mol. The van der Waals surface area contributed by atoms with Gasteiger partial charge < -0.3 is 9.88 Å². The van der Waals surface area contributed by atoms with Gasteiger partial charge in [-0.3, -0.25) is 0 Å². The van der Waals surface area contributed by atoms with E-state index in [2.05, 4.69) is 36.8 Å². The molecule has 1 heterocycles. The Hall–Kier alpha value is -1.75. The Morgan fingerprint density at radius 2 is 1.75 bits per heavy atom. The molecule has 0 bridgehead atoms. The number of sulfone groups is 1. The maximum atomic E-state index is 11.4. The fourth-order valence-electron chi connectivity index (χ4n) is 2.13. The molecule has 0 saturated heterocycles. The smallest absolute Gasteiger partial charge is 0.175 e. The zero-order chi connectivity index (χ0) is 14.9. The van der Waals surface area contributed by atoms with E-state index < -0.39 is 9.84 Å². The highest BCUT2D eigenvalue weighted by atomic mass is 32.2. The van der Waals surface area contributed by atoms with Crippen LogP contribution in [0.1, 0.15) is 17.0 Å². The van der Waals surface area contributed by atoms with Crippen LogP contribution in [0.4, 0.5) is 5.69 Å². The minimum Gasteiger partial charge on any atom is -0.381 e. The Morgan fingerprint density at radius 3 is 2.20 bits per heavy atom. The average molecular weight is 292 g/mol. The van der Waals surface area contributed by atoms with Crippen LogP contribution in [0.5, 0.6) is 0 Å². The van der Waals surface area contributed by atoms with E-state index in [9.17, 15) is 8.42 Å². The number of aromatic nitrogens is 1. The van der Waals surface area contributed by atoms with Crippen LogP contribution in [0.25, 0.3) is 0 Å². The molecule has 0 aliphatic rings. The summed E-state index contributed by atoms with van der Waals surface area (Å²) in [6.45, 7) is 4.90. The minimum absolute atomic E-state index is 0.342. The number of nitrogens with zero attached hydrogens (tertiary/aromatic N) is 1. The molecule has 0 radical (unpaired) electrons. The van der Waals surface area contributed by atoms with Gasteiger partial charge >= 0.3 is 0 Å². The van der Waals surface area contributed by atoms with Crippen molar-refractivity contribution in [2.45, 2.75) is 25.3 Å². The summed E-state index contributed by atoms with van der Waals surface area (Å²) in [5.74, 6) is 0. The van der Waals surface area contributed by atoms with Crippen LogP contribution in [-0.2, 0) is 23.4 Å². The average Bonchev–Trinajstić information content (AvgIpc) is 2.63. The number of hydrogen-bond acceptors (Lipinski definition) is 3. The van der Waals surface area contributed by atoms with Gasteiger partial charge in [0, 0.05) is 36.9 Å². The van der Waals surface area contributed by atoms with E-state index >= 15 is 0 Å². The minimum atomic E-state index is -3.13. The molecule has 2 aromatic rings. The van der Waals surface area contributed by atoms with Crippen molar-refractivity contribution >= 4 is 15.5 Å². The maximum Gasteiger partial charge on any atom is 0.175 e. The first-order chi connectivity index (χ1) is 9.29. The Kier molecular flexibility index (Phi) is 3.90. The lowest BCUT2D eigenvalue weighted by Crippen LogP contribution is -2.02. The highest BCUT2D eigenvalue weighted by Gasteiger charge is 2.07. The Labute approximate surface area is 120 Å². The van der Waals surface area contributed by atoms with Crippen LogP contribution < -0.4 is 5.32 Å². The molecule has 0 amide bonds. The third-order valence-corrected chi connectivity index (χ3v) is 4.77. The highest BCUT2D eigenvalue weighted by molar-refractivity contribution is 7.90. The van der Waals surface area contributed by atoms with E-state index in [1.54, 1.807) is 24.3 Å². The molecule has 1 N–H and O–H groups in total. The van der Waals surface area contributed by atoms with E-state index in [0.29, 0.717) is 4.90 Å². The van der Waals surface area contributed by atoms with Crippen molar-refractivity contribution in [2.24, 2.45) is 7.05 Å². The molecule has 0 spiro atoms. The number of nitrogens with one attached hydrogen (secondary N) is 1. The summed E-state index contributed by atoms with van der Waals surface area (Å²) >= 11 is 0. The van der Waals surface area contributed by atoms with Gasteiger partial charge in [0.2, 0.25) is 0 Å². The molecule has 4 nitrogen and oxygen atoms in total. The van der Waals surface area contributed by atoms with Gasteiger partial charge in [-0.2, -0.15) is 0 Å². The normalized spacial score (nSPS) is 11.6. The molecule has 2 rings (SSSR count). The topological polar surface area (TPSA) is 51.1 Å². The van der Waals surface area contributed by atoms with Crippen molar-refractivity contribution in [1.82, 2.24) is 4.57 Å². The molecule has 1 aromatic carbocycles. The van der Waals surface area contributed by atoms with Gasteiger partial charge in [-0.15, -0.1) is 0 Å². The Morgan fingerprint density at radius 1 is 1.15 bits per heavy atom. The fourth-order valence-corrected chi connectivity index (χ4v) is 2.76. The van der Waals surface area contributed by atoms with Crippen LogP contribution in [0.3, 0.4) is 0 Å². The zero-order valence-electron chi connectivity index (χ0n) is 12.3. The molecule has 1 aromatic heterocycles. The van der Waals surface area contributed by atoms with Gasteiger partial charge in [0.05, 0.1) is 4.90 Å². The summed E-state index contributed by atoms with van der Waals surface area (Å²) in [6, 6.07) is 9.00. The zero-order valence-corrected chi connectivity index (χ0v) is 13.1. The van der Waals surface area contributed by atoms with Crippen LogP contribution in [0, 0.1) is 13.8 Å². The van der Waals surface area contributed by atoms with Crippen LogP contribution in [0.2, 0.25) is 0 Å².